The number of hydrogen-bond acceptors (Lipinski definition) is 8. The van der Waals surface area contributed by atoms with Gasteiger partial charge in [-0.1, -0.05) is 0 Å². The molecule has 1 fully saturated rings. The second-order valence-electron chi connectivity index (χ2n) is 4.50. The van der Waals surface area contributed by atoms with Crippen LogP contribution >= 0.6 is 15.9 Å². The van der Waals surface area contributed by atoms with Crippen molar-refractivity contribution in [3.8, 4) is 0 Å². The van der Waals surface area contributed by atoms with Crippen LogP contribution in [-0.4, -0.2) is 48.5 Å². The quantitative estimate of drug-likeness (QED) is 0.528. The average molecular weight is 345 g/mol. The number of nitrogens with two attached hydrogens (primary N) is 2. The highest BCUT2D eigenvalue weighted by Gasteiger charge is 2.36. The molecule has 0 radical (unpaired) electrons. The van der Waals surface area contributed by atoms with E-state index in [0.717, 1.165) is 0 Å². The summed E-state index contributed by atoms with van der Waals surface area (Å²) in [6, 6.07) is 0. The molecular weight excluding hydrogens is 332 g/mol. The summed E-state index contributed by atoms with van der Waals surface area (Å²) in [6.45, 7) is -0.273. The molecule has 1 aliphatic heterocycles. The van der Waals surface area contributed by atoms with E-state index in [-0.39, 0.29) is 24.8 Å². The van der Waals surface area contributed by atoms with E-state index in [1.807, 2.05) is 0 Å². The fourth-order valence-corrected chi connectivity index (χ4v) is 2.66. The molecule has 108 valence electrons. The first-order chi connectivity index (χ1) is 9.51. The topological polar surface area (TPSA) is 145 Å². The number of nitrogens with zero attached hydrogens (tertiary/aromatic N) is 4. The van der Waals surface area contributed by atoms with Crippen molar-refractivity contribution in [3.05, 3.63) is 4.73 Å². The molecule has 0 amide bonds. The highest BCUT2D eigenvalue weighted by atomic mass is 79.9. The molecule has 0 aliphatic carbocycles. The smallest absolute Gasteiger partial charge is 0.204 e. The van der Waals surface area contributed by atoms with Gasteiger partial charge in [0.05, 0.1) is 12.7 Å². The Labute approximate surface area is 121 Å². The zero-order chi connectivity index (χ0) is 14.4. The summed E-state index contributed by atoms with van der Waals surface area (Å²) in [5, 5.41) is 18.9. The lowest BCUT2D eigenvalue weighted by Crippen LogP contribution is -2.24. The lowest BCUT2D eigenvalue weighted by Gasteiger charge is -2.15. The summed E-state index contributed by atoms with van der Waals surface area (Å²) in [4.78, 5) is 12.3. The van der Waals surface area contributed by atoms with E-state index in [2.05, 4.69) is 30.9 Å². The number of aliphatic hydroxyl groups excluding tert-OH is 2. The van der Waals surface area contributed by atoms with Gasteiger partial charge in [-0.05, 0) is 15.9 Å². The maximum absolute atomic E-state index is 9.80. The van der Waals surface area contributed by atoms with Crippen molar-refractivity contribution in [1.29, 1.82) is 0 Å². The molecule has 20 heavy (non-hydrogen) atoms. The van der Waals surface area contributed by atoms with Crippen molar-refractivity contribution >= 4 is 38.9 Å². The van der Waals surface area contributed by atoms with Gasteiger partial charge in [-0.3, -0.25) is 4.57 Å². The first kappa shape index (κ1) is 13.5. The number of ether oxygens (including phenoxy) is 1. The molecule has 0 unspecified atom stereocenters. The first-order valence-corrected chi connectivity index (χ1v) is 6.71. The van der Waals surface area contributed by atoms with Crippen LogP contribution in [0.25, 0.3) is 11.2 Å². The molecule has 0 spiro atoms. The monoisotopic (exact) mass is 344 g/mol. The third-order valence-electron chi connectivity index (χ3n) is 3.24. The third-order valence-corrected chi connectivity index (χ3v) is 3.59. The Kier molecular flexibility index (Phi) is 3.24. The fraction of sp³-hybridized carbons (Fsp3) is 0.500. The number of nitrogen functional groups attached to an aromatic ring is 2. The standard InChI is InChI=1S/C10H13BrN6O3/c11-9-15-7(12)6-8(16-9)17(10(13)14-6)5-1-3(19)4(2-18)20-5/h3-5,18-19H,1-2H2,(H2,13,14)(H2,12,15,16)/t3-,4+,5+/m0/s1. The Hall–Kier alpha value is -1.49. The van der Waals surface area contributed by atoms with Gasteiger partial charge in [0.15, 0.2) is 17.0 Å². The van der Waals surface area contributed by atoms with E-state index < -0.39 is 18.4 Å². The number of aromatic nitrogens is 4. The molecule has 1 aliphatic rings. The van der Waals surface area contributed by atoms with Crippen molar-refractivity contribution in [1.82, 2.24) is 19.5 Å². The van der Waals surface area contributed by atoms with Gasteiger partial charge in [0.2, 0.25) is 10.7 Å². The van der Waals surface area contributed by atoms with Gasteiger partial charge >= 0.3 is 0 Å². The number of aliphatic hydroxyl groups is 2. The minimum Gasteiger partial charge on any atom is -0.394 e. The minimum absolute atomic E-state index is 0.162. The van der Waals surface area contributed by atoms with Crippen LogP contribution in [0.4, 0.5) is 11.8 Å². The van der Waals surface area contributed by atoms with Crippen LogP contribution in [0, 0.1) is 0 Å². The number of fused-ring (bicyclic) bond motifs is 1. The van der Waals surface area contributed by atoms with Crippen molar-refractivity contribution in [3.63, 3.8) is 0 Å². The predicted molar refractivity (Wildman–Crippen MR) is 73.5 cm³/mol. The molecule has 3 rings (SSSR count). The summed E-state index contributed by atoms with van der Waals surface area (Å²) in [5.74, 6) is 0.361. The minimum atomic E-state index is -0.774. The van der Waals surface area contributed by atoms with Crippen LogP contribution in [0.2, 0.25) is 0 Å². The second kappa shape index (κ2) is 4.81. The molecule has 10 heteroatoms. The maximum Gasteiger partial charge on any atom is 0.204 e. The SMILES string of the molecule is Nc1nc(Br)nc2c1nc(N)n2[C@H]1C[C@H](O)[C@@H](CO)O1. The van der Waals surface area contributed by atoms with Crippen LogP contribution < -0.4 is 11.5 Å². The summed E-state index contributed by atoms with van der Waals surface area (Å²) >= 11 is 3.16. The largest absolute Gasteiger partial charge is 0.394 e. The Bertz CT molecular complexity index is 662. The van der Waals surface area contributed by atoms with Gasteiger partial charge in [0.25, 0.3) is 0 Å². The lowest BCUT2D eigenvalue weighted by molar-refractivity contribution is -0.0425. The normalized spacial score (nSPS) is 26.4. The van der Waals surface area contributed by atoms with Gasteiger partial charge in [-0.25, -0.2) is 15.0 Å². The molecule has 3 atom stereocenters. The molecule has 0 saturated carbocycles. The molecule has 2 aromatic rings. The molecule has 0 aromatic carbocycles. The Morgan fingerprint density at radius 1 is 1.35 bits per heavy atom. The van der Waals surface area contributed by atoms with Gasteiger partial charge < -0.3 is 26.4 Å². The van der Waals surface area contributed by atoms with Crippen LogP contribution in [0.3, 0.4) is 0 Å². The van der Waals surface area contributed by atoms with E-state index in [4.69, 9.17) is 21.3 Å². The van der Waals surface area contributed by atoms with Crippen LogP contribution in [0.1, 0.15) is 12.6 Å². The summed E-state index contributed by atoms with van der Waals surface area (Å²) in [6.07, 6.45) is -1.71. The zero-order valence-electron chi connectivity index (χ0n) is 10.3. The molecule has 1 saturated heterocycles. The van der Waals surface area contributed by atoms with E-state index in [1.165, 1.54) is 4.57 Å². The Morgan fingerprint density at radius 2 is 2.10 bits per heavy atom. The van der Waals surface area contributed by atoms with Crippen molar-refractivity contribution < 1.29 is 14.9 Å². The van der Waals surface area contributed by atoms with Crippen molar-refractivity contribution in [2.45, 2.75) is 24.9 Å². The fourth-order valence-electron chi connectivity index (χ4n) is 2.31. The van der Waals surface area contributed by atoms with E-state index in [0.29, 0.717) is 15.9 Å². The van der Waals surface area contributed by atoms with E-state index in [9.17, 15) is 5.11 Å². The molecule has 9 nitrogen and oxygen atoms in total. The Morgan fingerprint density at radius 3 is 2.75 bits per heavy atom. The lowest BCUT2D eigenvalue weighted by atomic mass is 10.2. The number of halogens is 1. The summed E-state index contributed by atoms with van der Waals surface area (Å²) in [7, 11) is 0. The average Bonchev–Trinajstić information content (AvgIpc) is 2.89. The van der Waals surface area contributed by atoms with Gasteiger partial charge in [-0.15, -0.1) is 0 Å². The van der Waals surface area contributed by atoms with Crippen molar-refractivity contribution in [2.24, 2.45) is 0 Å². The van der Waals surface area contributed by atoms with Gasteiger partial charge in [0.1, 0.15) is 12.3 Å². The second-order valence-corrected chi connectivity index (χ2v) is 5.21. The highest BCUT2D eigenvalue weighted by molar-refractivity contribution is 9.10. The molecule has 3 heterocycles. The summed E-state index contributed by atoms with van der Waals surface area (Å²) < 4.78 is 7.41. The van der Waals surface area contributed by atoms with Crippen LogP contribution in [0.5, 0.6) is 0 Å². The molecule has 0 bridgehead atoms. The number of rotatable bonds is 2. The maximum atomic E-state index is 9.80. The predicted octanol–water partition coefficient (Wildman–Crippen LogP) is -0.606. The first-order valence-electron chi connectivity index (χ1n) is 5.92. The number of anilines is 2. The molecular formula is C10H13BrN6O3. The molecule has 6 N–H and O–H groups in total. The van der Waals surface area contributed by atoms with Crippen LogP contribution in [-0.2, 0) is 4.74 Å². The number of imidazole rings is 1. The number of hydrogen-bond donors (Lipinski definition) is 4. The zero-order valence-corrected chi connectivity index (χ0v) is 11.9. The molecule has 2 aromatic heterocycles. The van der Waals surface area contributed by atoms with E-state index in [1.54, 1.807) is 0 Å². The summed E-state index contributed by atoms with van der Waals surface area (Å²) in [5.41, 5.74) is 12.4. The van der Waals surface area contributed by atoms with Crippen LogP contribution in [0.15, 0.2) is 4.73 Å². The highest BCUT2D eigenvalue weighted by Crippen LogP contribution is 2.34. The van der Waals surface area contributed by atoms with Crippen molar-refractivity contribution in [2.75, 3.05) is 18.1 Å². The van der Waals surface area contributed by atoms with Gasteiger partial charge in [0, 0.05) is 6.42 Å². The Balaban J connectivity index is 2.10. The third kappa shape index (κ3) is 2.00. The van der Waals surface area contributed by atoms with Gasteiger partial charge in [-0.2, -0.15) is 0 Å². The van der Waals surface area contributed by atoms with E-state index >= 15 is 0 Å².